The fourth-order valence-corrected chi connectivity index (χ4v) is 2.69. The summed E-state index contributed by atoms with van der Waals surface area (Å²) in [5, 5.41) is 3.51. The van der Waals surface area contributed by atoms with Crippen LogP contribution in [-0.2, 0) is 11.3 Å². The summed E-state index contributed by atoms with van der Waals surface area (Å²) < 4.78 is 5.91. The second kappa shape index (κ2) is 3.95. The maximum atomic E-state index is 5.91. The van der Waals surface area contributed by atoms with Crippen molar-refractivity contribution in [3.05, 3.63) is 35.4 Å². The molecule has 0 radical (unpaired) electrons. The van der Waals surface area contributed by atoms with Crippen LogP contribution in [0.15, 0.2) is 24.3 Å². The molecule has 2 heteroatoms. The molecule has 1 saturated heterocycles. The third-order valence-electron chi connectivity index (χ3n) is 3.57. The third kappa shape index (κ3) is 1.80. The highest BCUT2D eigenvalue weighted by Gasteiger charge is 2.24. The maximum Gasteiger partial charge on any atom is 0.0724 e. The van der Waals surface area contributed by atoms with Crippen LogP contribution in [-0.4, -0.2) is 19.2 Å². The van der Waals surface area contributed by atoms with Crippen LogP contribution < -0.4 is 5.32 Å². The van der Waals surface area contributed by atoms with Crippen molar-refractivity contribution < 1.29 is 4.74 Å². The van der Waals surface area contributed by atoms with Crippen molar-refractivity contribution in [1.29, 1.82) is 0 Å². The second-order valence-electron chi connectivity index (χ2n) is 4.56. The number of rotatable bonds is 0. The number of fused-ring (bicyclic) bond motifs is 5. The zero-order valence-corrected chi connectivity index (χ0v) is 8.91. The molecule has 1 N–H and O–H groups in total. The summed E-state index contributed by atoms with van der Waals surface area (Å²) in [4.78, 5) is 0. The van der Waals surface area contributed by atoms with Gasteiger partial charge in [0.15, 0.2) is 0 Å². The van der Waals surface area contributed by atoms with Crippen LogP contribution in [0, 0.1) is 0 Å². The Labute approximate surface area is 90.6 Å². The Balaban J connectivity index is 2.00. The molecule has 1 fully saturated rings. The van der Waals surface area contributed by atoms with Gasteiger partial charge < -0.3 is 10.1 Å². The summed E-state index contributed by atoms with van der Waals surface area (Å²) in [6.07, 6.45) is 2.88. The van der Waals surface area contributed by atoms with E-state index in [2.05, 4.69) is 29.6 Å². The van der Waals surface area contributed by atoms with E-state index in [-0.39, 0.29) is 0 Å². The summed E-state index contributed by atoms with van der Waals surface area (Å²) in [5.41, 5.74) is 2.88. The quantitative estimate of drug-likeness (QED) is 0.697. The molecule has 2 aliphatic heterocycles. The average molecular weight is 203 g/mol. The molecule has 2 heterocycles. The molecule has 2 unspecified atom stereocenters. The molecule has 1 aromatic carbocycles. The molecular formula is C13H17NO. The van der Waals surface area contributed by atoms with Crippen molar-refractivity contribution in [3.63, 3.8) is 0 Å². The molecule has 15 heavy (non-hydrogen) atoms. The fourth-order valence-electron chi connectivity index (χ4n) is 2.69. The zero-order chi connectivity index (χ0) is 10.1. The topological polar surface area (TPSA) is 21.3 Å². The van der Waals surface area contributed by atoms with Crippen molar-refractivity contribution in [2.24, 2.45) is 0 Å². The van der Waals surface area contributed by atoms with Gasteiger partial charge in [0.25, 0.3) is 0 Å². The average Bonchev–Trinajstić information content (AvgIpc) is 2.45. The Morgan fingerprint density at radius 3 is 3.07 bits per heavy atom. The summed E-state index contributed by atoms with van der Waals surface area (Å²) in [5.74, 6) is 0.690. The molecule has 1 aromatic rings. The van der Waals surface area contributed by atoms with Crippen molar-refractivity contribution >= 4 is 0 Å². The van der Waals surface area contributed by atoms with Crippen LogP contribution in [0.4, 0.5) is 0 Å². The largest absolute Gasteiger partial charge is 0.372 e. The monoisotopic (exact) mass is 203 g/mol. The Kier molecular flexibility index (Phi) is 2.47. The van der Waals surface area contributed by atoms with E-state index >= 15 is 0 Å². The molecule has 0 saturated carbocycles. The minimum atomic E-state index is 0.420. The Bertz CT molecular complexity index is 350. The van der Waals surface area contributed by atoms with Crippen molar-refractivity contribution in [1.82, 2.24) is 5.32 Å². The number of nitrogens with one attached hydrogen (secondary N) is 1. The van der Waals surface area contributed by atoms with Gasteiger partial charge in [-0.3, -0.25) is 0 Å². The van der Waals surface area contributed by atoms with Crippen LogP contribution in [0.1, 0.15) is 29.9 Å². The maximum absolute atomic E-state index is 5.91. The summed E-state index contributed by atoms with van der Waals surface area (Å²) in [6, 6.07) is 8.72. The number of ether oxygens (including phenoxy) is 1. The van der Waals surface area contributed by atoms with Gasteiger partial charge >= 0.3 is 0 Å². The van der Waals surface area contributed by atoms with Gasteiger partial charge in [-0.05, 0) is 29.9 Å². The molecule has 2 aliphatic rings. The number of benzene rings is 1. The van der Waals surface area contributed by atoms with Gasteiger partial charge in [-0.25, -0.2) is 0 Å². The van der Waals surface area contributed by atoms with E-state index < -0.39 is 0 Å². The van der Waals surface area contributed by atoms with Crippen LogP contribution in [0.2, 0.25) is 0 Å². The van der Waals surface area contributed by atoms with Crippen LogP contribution >= 0.6 is 0 Å². The smallest absolute Gasteiger partial charge is 0.0724 e. The molecule has 2 bridgehead atoms. The predicted molar refractivity (Wildman–Crippen MR) is 59.9 cm³/mol. The molecular weight excluding hydrogens is 186 g/mol. The predicted octanol–water partition coefficient (Wildman–Crippen LogP) is 2.05. The van der Waals surface area contributed by atoms with Crippen molar-refractivity contribution in [2.75, 3.05) is 13.1 Å². The standard InChI is InChI=1S/C13H17NO/c1-2-4-13-10-5-6-12(8-14-7-10)15-9-11(13)3-1/h1-4,10,12,14H,5-9H2. The van der Waals surface area contributed by atoms with Gasteiger partial charge in [-0.1, -0.05) is 24.3 Å². The minimum absolute atomic E-state index is 0.420. The van der Waals surface area contributed by atoms with Crippen molar-refractivity contribution in [2.45, 2.75) is 31.5 Å². The van der Waals surface area contributed by atoms with E-state index in [4.69, 9.17) is 4.74 Å². The lowest BCUT2D eigenvalue weighted by molar-refractivity contribution is 0.0357. The summed E-state index contributed by atoms with van der Waals surface area (Å²) in [6.45, 7) is 2.92. The van der Waals surface area contributed by atoms with E-state index in [9.17, 15) is 0 Å². The first-order valence-electron chi connectivity index (χ1n) is 5.83. The van der Waals surface area contributed by atoms with Gasteiger partial charge in [0.2, 0.25) is 0 Å². The normalized spacial score (nSPS) is 30.1. The molecule has 0 aliphatic carbocycles. The molecule has 2 nitrogen and oxygen atoms in total. The first-order valence-corrected chi connectivity index (χ1v) is 5.83. The second-order valence-corrected chi connectivity index (χ2v) is 4.56. The van der Waals surface area contributed by atoms with Gasteiger partial charge in [-0.15, -0.1) is 0 Å². The highest BCUT2D eigenvalue weighted by Crippen LogP contribution is 2.30. The Morgan fingerprint density at radius 1 is 1.13 bits per heavy atom. The lowest BCUT2D eigenvalue weighted by Crippen LogP contribution is -2.26. The molecule has 0 spiro atoms. The van der Waals surface area contributed by atoms with Crippen LogP contribution in [0.25, 0.3) is 0 Å². The number of hydrogen-bond acceptors (Lipinski definition) is 2. The SMILES string of the molecule is c1ccc2c(c1)COC1CCC2CNC1. The molecule has 0 amide bonds. The molecule has 2 atom stereocenters. The molecule has 3 rings (SSSR count). The lowest BCUT2D eigenvalue weighted by atomic mass is 9.90. The van der Waals surface area contributed by atoms with Gasteiger partial charge in [0.1, 0.15) is 0 Å². The zero-order valence-electron chi connectivity index (χ0n) is 8.91. The fraction of sp³-hybridized carbons (Fsp3) is 0.538. The Hall–Kier alpha value is -0.860. The Morgan fingerprint density at radius 2 is 2.07 bits per heavy atom. The highest BCUT2D eigenvalue weighted by molar-refractivity contribution is 5.31. The lowest BCUT2D eigenvalue weighted by Gasteiger charge is -2.22. The van der Waals surface area contributed by atoms with E-state index in [1.165, 1.54) is 24.0 Å². The van der Waals surface area contributed by atoms with E-state index in [1.807, 2.05) is 0 Å². The van der Waals surface area contributed by atoms with Gasteiger partial charge in [-0.2, -0.15) is 0 Å². The summed E-state index contributed by atoms with van der Waals surface area (Å²) >= 11 is 0. The minimum Gasteiger partial charge on any atom is -0.372 e. The van der Waals surface area contributed by atoms with E-state index in [0.29, 0.717) is 12.0 Å². The van der Waals surface area contributed by atoms with Crippen molar-refractivity contribution in [3.8, 4) is 0 Å². The van der Waals surface area contributed by atoms with Gasteiger partial charge in [0.05, 0.1) is 12.7 Å². The first kappa shape index (κ1) is 9.37. The van der Waals surface area contributed by atoms with E-state index in [0.717, 1.165) is 19.7 Å². The van der Waals surface area contributed by atoms with Crippen LogP contribution in [0.5, 0.6) is 0 Å². The van der Waals surface area contributed by atoms with Gasteiger partial charge in [0, 0.05) is 13.1 Å². The van der Waals surface area contributed by atoms with Crippen LogP contribution in [0.3, 0.4) is 0 Å². The number of hydrogen-bond donors (Lipinski definition) is 1. The highest BCUT2D eigenvalue weighted by atomic mass is 16.5. The molecule has 0 aromatic heterocycles. The first-order chi connectivity index (χ1) is 7.43. The summed E-state index contributed by atoms with van der Waals surface area (Å²) in [7, 11) is 0. The molecule has 80 valence electrons. The van der Waals surface area contributed by atoms with E-state index in [1.54, 1.807) is 0 Å². The third-order valence-corrected chi connectivity index (χ3v) is 3.57.